The Bertz CT molecular complexity index is 867. The average molecular weight is 471 g/mol. The lowest BCUT2D eigenvalue weighted by Gasteiger charge is -2.23. The van der Waals surface area contributed by atoms with Crippen LogP contribution in [0.25, 0.3) is 0 Å². The van der Waals surface area contributed by atoms with Crippen LogP contribution in [-0.4, -0.2) is 23.8 Å². The van der Waals surface area contributed by atoms with E-state index in [0.29, 0.717) is 24.9 Å². The van der Waals surface area contributed by atoms with Crippen molar-refractivity contribution in [1.29, 1.82) is 0 Å². The van der Waals surface area contributed by atoms with E-state index >= 15 is 0 Å². The standard InChI is InChI=1S/C29H42O5/c1-9-21(2)22-13-15-25(16-14-22)31-18-17-26(30)34-27-23(19-32-28(3,4)5)11-10-12-24(27)20-33-29(6,7)8/h10-16,21H,9,17-20H2,1-8H3. The summed E-state index contributed by atoms with van der Waals surface area (Å²) in [5.74, 6) is 1.43. The van der Waals surface area contributed by atoms with E-state index in [9.17, 15) is 4.79 Å². The van der Waals surface area contributed by atoms with E-state index in [0.717, 1.165) is 23.3 Å². The van der Waals surface area contributed by atoms with E-state index in [1.54, 1.807) is 0 Å². The maximum atomic E-state index is 12.7. The molecule has 2 aromatic carbocycles. The fourth-order valence-electron chi connectivity index (χ4n) is 3.13. The third kappa shape index (κ3) is 9.86. The van der Waals surface area contributed by atoms with Crippen LogP contribution in [0.15, 0.2) is 42.5 Å². The third-order valence-electron chi connectivity index (χ3n) is 5.35. The topological polar surface area (TPSA) is 54.0 Å². The highest BCUT2D eigenvalue weighted by Crippen LogP contribution is 2.29. The number of ether oxygens (including phenoxy) is 4. The van der Waals surface area contributed by atoms with E-state index in [4.69, 9.17) is 18.9 Å². The van der Waals surface area contributed by atoms with Crippen LogP contribution in [0.4, 0.5) is 0 Å². The van der Waals surface area contributed by atoms with E-state index in [-0.39, 0.29) is 30.2 Å². The molecule has 2 aromatic rings. The van der Waals surface area contributed by atoms with Crippen molar-refractivity contribution in [1.82, 2.24) is 0 Å². The van der Waals surface area contributed by atoms with Crippen LogP contribution in [-0.2, 0) is 27.5 Å². The average Bonchev–Trinajstić information content (AvgIpc) is 2.76. The zero-order valence-electron chi connectivity index (χ0n) is 22.2. The molecule has 0 radical (unpaired) electrons. The van der Waals surface area contributed by atoms with E-state index < -0.39 is 0 Å². The molecule has 5 heteroatoms. The van der Waals surface area contributed by atoms with Gasteiger partial charge in [0.05, 0.1) is 37.4 Å². The largest absolute Gasteiger partial charge is 0.493 e. The fraction of sp³-hybridized carbons (Fsp3) is 0.552. The minimum atomic E-state index is -0.351. The molecule has 0 fully saturated rings. The van der Waals surface area contributed by atoms with E-state index in [1.165, 1.54) is 5.56 Å². The zero-order valence-corrected chi connectivity index (χ0v) is 22.2. The predicted octanol–water partition coefficient (Wildman–Crippen LogP) is 7.20. The molecule has 0 heterocycles. The molecule has 0 spiro atoms. The molecule has 0 aliphatic carbocycles. The summed E-state index contributed by atoms with van der Waals surface area (Å²) in [6, 6.07) is 13.8. The quantitative estimate of drug-likeness (QED) is 0.257. The molecule has 1 unspecified atom stereocenters. The number of hydrogen-bond acceptors (Lipinski definition) is 5. The molecule has 0 bridgehead atoms. The Labute approximate surface area is 205 Å². The maximum Gasteiger partial charge on any atom is 0.314 e. The lowest BCUT2D eigenvalue weighted by atomic mass is 9.99. The SMILES string of the molecule is CCC(C)c1ccc(OCCC(=O)Oc2c(COC(C)(C)C)cccc2COC(C)(C)C)cc1. The minimum Gasteiger partial charge on any atom is -0.493 e. The number of carbonyl (C=O) groups is 1. The molecule has 0 aliphatic heterocycles. The summed E-state index contributed by atoms with van der Waals surface area (Å²) < 4.78 is 23.5. The Hall–Kier alpha value is -2.37. The first-order chi connectivity index (χ1) is 15.9. The van der Waals surface area contributed by atoms with E-state index in [2.05, 4.69) is 26.0 Å². The van der Waals surface area contributed by atoms with Gasteiger partial charge in [0.2, 0.25) is 0 Å². The van der Waals surface area contributed by atoms with Gasteiger partial charge in [0, 0.05) is 11.1 Å². The van der Waals surface area contributed by atoms with Crippen molar-refractivity contribution in [3.63, 3.8) is 0 Å². The molecular formula is C29H42O5. The summed E-state index contributed by atoms with van der Waals surface area (Å²) in [4.78, 5) is 12.7. The highest BCUT2D eigenvalue weighted by atomic mass is 16.5. The van der Waals surface area contributed by atoms with Gasteiger partial charge >= 0.3 is 5.97 Å². The normalized spacial score (nSPS) is 12.9. The molecule has 0 aromatic heterocycles. The molecule has 0 saturated carbocycles. The van der Waals surface area contributed by atoms with Crippen molar-refractivity contribution in [3.05, 3.63) is 59.2 Å². The van der Waals surface area contributed by atoms with Crippen LogP contribution in [0.1, 0.15) is 90.8 Å². The monoisotopic (exact) mass is 470 g/mol. The Morgan fingerprint density at radius 1 is 0.853 bits per heavy atom. The fourth-order valence-corrected chi connectivity index (χ4v) is 3.13. The van der Waals surface area contributed by atoms with Gasteiger partial charge < -0.3 is 18.9 Å². The van der Waals surface area contributed by atoms with Crippen LogP contribution in [0.5, 0.6) is 11.5 Å². The second-order valence-electron chi connectivity index (χ2n) is 10.7. The molecule has 0 saturated heterocycles. The maximum absolute atomic E-state index is 12.7. The summed E-state index contributed by atoms with van der Waals surface area (Å²) in [7, 11) is 0. The number of benzene rings is 2. The molecule has 2 rings (SSSR count). The van der Waals surface area contributed by atoms with Crippen molar-refractivity contribution < 1.29 is 23.7 Å². The molecule has 1 atom stereocenters. The van der Waals surface area contributed by atoms with Gasteiger partial charge in [-0.3, -0.25) is 4.79 Å². The Morgan fingerprint density at radius 3 is 1.85 bits per heavy atom. The van der Waals surface area contributed by atoms with Gasteiger partial charge in [0.1, 0.15) is 11.5 Å². The van der Waals surface area contributed by atoms with Crippen molar-refractivity contribution in [2.24, 2.45) is 0 Å². The first-order valence-electron chi connectivity index (χ1n) is 12.2. The number of para-hydroxylation sites is 1. The van der Waals surface area contributed by atoms with Crippen LogP contribution < -0.4 is 9.47 Å². The van der Waals surface area contributed by atoms with Gasteiger partial charge in [0.25, 0.3) is 0 Å². The summed E-state index contributed by atoms with van der Waals surface area (Å²) >= 11 is 0. The highest BCUT2D eigenvalue weighted by Gasteiger charge is 2.19. The number of rotatable bonds is 11. The smallest absolute Gasteiger partial charge is 0.314 e. The third-order valence-corrected chi connectivity index (χ3v) is 5.35. The van der Waals surface area contributed by atoms with Gasteiger partial charge in [-0.2, -0.15) is 0 Å². The minimum absolute atomic E-state index is 0.140. The molecule has 5 nitrogen and oxygen atoms in total. The number of hydrogen-bond donors (Lipinski definition) is 0. The number of esters is 1. The van der Waals surface area contributed by atoms with Crippen molar-refractivity contribution >= 4 is 5.97 Å². The Kier molecular flexibility index (Phi) is 10.1. The summed E-state index contributed by atoms with van der Waals surface area (Å²) in [6.45, 7) is 17.3. The van der Waals surface area contributed by atoms with E-state index in [1.807, 2.05) is 71.9 Å². The van der Waals surface area contributed by atoms with Gasteiger partial charge in [0.15, 0.2) is 0 Å². The number of carbonyl (C=O) groups excluding carboxylic acids is 1. The molecular weight excluding hydrogens is 428 g/mol. The summed E-state index contributed by atoms with van der Waals surface area (Å²) in [6.07, 6.45) is 1.23. The molecule has 188 valence electrons. The highest BCUT2D eigenvalue weighted by molar-refractivity contribution is 5.73. The van der Waals surface area contributed by atoms with Crippen LogP contribution >= 0.6 is 0 Å². The Morgan fingerprint density at radius 2 is 1.38 bits per heavy atom. The zero-order chi connectivity index (χ0) is 25.4. The second-order valence-corrected chi connectivity index (χ2v) is 10.7. The van der Waals surface area contributed by atoms with Gasteiger partial charge in [-0.05, 0) is 71.6 Å². The lowest BCUT2D eigenvalue weighted by Crippen LogP contribution is -2.21. The lowest BCUT2D eigenvalue weighted by molar-refractivity contribution is -0.135. The van der Waals surface area contributed by atoms with Gasteiger partial charge in [-0.15, -0.1) is 0 Å². The summed E-state index contributed by atoms with van der Waals surface area (Å²) in [5.41, 5.74) is 2.31. The Balaban J connectivity index is 2.04. The van der Waals surface area contributed by atoms with Crippen LogP contribution in [0, 0.1) is 0 Å². The van der Waals surface area contributed by atoms with Crippen molar-refractivity contribution in [3.8, 4) is 11.5 Å². The van der Waals surface area contributed by atoms with Gasteiger partial charge in [-0.25, -0.2) is 0 Å². The van der Waals surface area contributed by atoms with Gasteiger partial charge in [-0.1, -0.05) is 44.2 Å². The molecule has 0 aliphatic rings. The predicted molar refractivity (Wildman–Crippen MR) is 136 cm³/mol. The summed E-state index contributed by atoms with van der Waals surface area (Å²) in [5, 5.41) is 0. The van der Waals surface area contributed by atoms with Crippen LogP contribution in [0.2, 0.25) is 0 Å². The van der Waals surface area contributed by atoms with Crippen molar-refractivity contribution in [2.45, 2.75) is 98.6 Å². The van der Waals surface area contributed by atoms with Crippen molar-refractivity contribution in [2.75, 3.05) is 6.61 Å². The van der Waals surface area contributed by atoms with Crippen LogP contribution in [0.3, 0.4) is 0 Å². The molecule has 0 amide bonds. The first-order valence-corrected chi connectivity index (χ1v) is 12.2. The second kappa shape index (κ2) is 12.4. The molecule has 0 N–H and O–H groups in total. The first kappa shape index (κ1) is 27.9. The molecule has 34 heavy (non-hydrogen) atoms.